The van der Waals surface area contributed by atoms with E-state index in [1.54, 1.807) is 0 Å². The van der Waals surface area contributed by atoms with Gasteiger partial charge in [-0.25, -0.2) is 0 Å². The van der Waals surface area contributed by atoms with Crippen LogP contribution in [-0.4, -0.2) is 20.6 Å². The third-order valence-electron chi connectivity index (χ3n) is 4.37. The molecule has 0 aliphatic rings. The summed E-state index contributed by atoms with van der Waals surface area (Å²) in [5.74, 6) is -1.66. The van der Waals surface area contributed by atoms with E-state index < -0.39 is 28.0 Å². The first kappa shape index (κ1) is 20.4. The van der Waals surface area contributed by atoms with Gasteiger partial charge in [-0.3, -0.25) is 19.7 Å². The number of rotatable bonds is 9. The Labute approximate surface area is 156 Å². The lowest BCUT2D eigenvalue weighted by atomic mass is 10.1. The molecule has 0 unspecified atom stereocenters. The summed E-state index contributed by atoms with van der Waals surface area (Å²) in [6.45, 7) is 3.58. The Hall–Kier alpha value is -2.90. The highest BCUT2D eigenvalue weighted by Gasteiger charge is 2.21. The molecule has 0 bridgehead atoms. The highest BCUT2D eigenvalue weighted by molar-refractivity contribution is 5.90. The van der Waals surface area contributed by atoms with Crippen molar-refractivity contribution < 1.29 is 19.6 Å². The molecule has 2 rings (SSSR count). The van der Waals surface area contributed by atoms with Crippen molar-refractivity contribution in [3.63, 3.8) is 0 Å². The summed E-state index contributed by atoms with van der Waals surface area (Å²) in [5.41, 5.74) is -0.612. The fourth-order valence-corrected chi connectivity index (χ4v) is 3.02. The molecule has 0 saturated carbocycles. The summed E-state index contributed by atoms with van der Waals surface area (Å²) < 4.78 is 6.24. The van der Waals surface area contributed by atoms with Crippen LogP contribution in [0.5, 0.6) is 11.5 Å². The Morgan fingerprint density at radius 3 is 2.52 bits per heavy atom. The number of pyridine rings is 1. The number of ether oxygens (including phenoxy) is 1. The second-order valence-corrected chi connectivity index (χ2v) is 6.45. The average Bonchev–Trinajstić information content (AvgIpc) is 2.63. The van der Waals surface area contributed by atoms with Crippen molar-refractivity contribution >= 4 is 22.6 Å². The predicted molar refractivity (Wildman–Crippen MR) is 101 cm³/mol. The number of nitro benzene ring substituents is 1. The Balaban J connectivity index is 2.46. The first-order valence-corrected chi connectivity index (χ1v) is 9.09. The molecule has 0 atom stereocenters. The normalized spacial score (nSPS) is 10.9. The average molecular weight is 376 g/mol. The molecule has 1 heterocycles. The zero-order valence-corrected chi connectivity index (χ0v) is 15.6. The number of nitro groups is 1. The van der Waals surface area contributed by atoms with Gasteiger partial charge in [0.25, 0.3) is 11.2 Å². The van der Waals surface area contributed by atoms with Gasteiger partial charge < -0.3 is 14.4 Å². The molecule has 146 valence electrons. The quantitative estimate of drug-likeness (QED) is 0.307. The molecule has 0 spiro atoms. The van der Waals surface area contributed by atoms with Crippen molar-refractivity contribution in [2.75, 3.05) is 0 Å². The van der Waals surface area contributed by atoms with Gasteiger partial charge >= 0.3 is 5.97 Å². The molecule has 0 radical (unpaired) electrons. The number of aromatic hydroxyl groups is 1. The van der Waals surface area contributed by atoms with Crippen LogP contribution in [0.3, 0.4) is 0 Å². The molecule has 0 amide bonds. The number of non-ortho nitro benzene ring substituents is 1. The molecule has 0 aliphatic heterocycles. The Morgan fingerprint density at radius 1 is 1.22 bits per heavy atom. The number of hydrogen-bond acceptors (Lipinski definition) is 6. The summed E-state index contributed by atoms with van der Waals surface area (Å²) in [5, 5.41) is 21.7. The van der Waals surface area contributed by atoms with Crippen LogP contribution in [0.15, 0.2) is 23.0 Å². The van der Waals surface area contributed by atoms with Crippen LogP contribution < -0.4 is 10.3 Å². The molecule has 27 heavy (non-hydrogen) atoms. The van der Waals surface area contributed by atoms with Crippen LogP contribution in [-0.2, 0) is 11.3 Å². The maximum Gasteiger partial charge on any atom is 0.308 e. The van der Waals surface area contributed by atoms with Gasteiger partial charge in [-0.2, -0.15) is 0 Å². The molecule has 8 heteroatoms. The van der Waals surface area contributed by atoms with Crippen LogP contribution >= 0.6 is 0 Å². The maximum atomic E-state index is 12.7. The van der Waals surface area contributed by atoms with E-state index >= 15 is 0 Å². The zero-order chi connectivity index (χ0) is 20.0. The van der Waals surface area contributed by atoms with Gasteiger partial charge in [0, 0.05) is 31.0 Å². The summed E-state index contributed by atoms with van der Waals surface area (Å²) in [6, 6.07) is 3.84. The van der Waals surface area contributed by atoms with E-state index in [1.807, 2.05) is 0 Å². The third-order valence-corrected chi connectivity index (χ3v) is 4.37. The van der Waals surface area contributed by atoms with Gasteiger partial charge in [-0.15, -0.1) is 0 Å². The molecule has 1 aromatic heterocycles. The van der Waals surface area contributed by atoms with Crippen LogP contribution in [0.4, 0.5) is 5.69 Å². The molecular weight excluding hydrogens is 352 g/mol. The number of hydrogen-bond donors (Lipinski definition) is 1. The SMILES string of the molecule is CCCCCCCCn1c(=O)c(OC(C)=O)c(O)c2ccc([N+](=O)[O-])cc21. The van der Waals surface area contributed by atoms with Crippen LogP contribution in [0, 0.1) is 10.1 Å². The van der Waals surface area contributed by atoms with Gasteiger partial charge in [-0.1, -0.05) is 39.0 Å². The number of esters is 1. The minimum Gasteiger partial charge on any atom is -0.504 e. The number of fused-ring (bicyclic) bond motifs is 1. The molecule has 0 fully saturated rings. The van der Waals surface area contributed by atoms with Crippen LogP contribution in [0.2, 0.25) is 0 Å². The molecule has 2 aromatic rings. The van der Waals surface area contributed by atoms with Gasteiger partial charge in [0.2, 0.25) is 5.75 Å². The molecule has 8 nitrogen and oxygen atoms in total. The second-order valence-electron chi connectivity index (χ2n) is 6.45. The summed E-state index contributed by atoms with van der Waals surface area (Å²) in [4.78, 5) is 34.6. The van der Waals surface area contributed by atoms with Gasteiger partial charge in [-0.05, 0) is 12.5 Å². The lowest BCUT2D eigenvalue weighted by Gasteiger charge is -2.14. The summed E-state index contributed by atoms with van der Waals surface area (Å²) in [7, 11) is 0. The third kappa shape index (κ3) is 4.84. The van der Waals surface area contributed by atoms with Crippen molar-refractivity contribution in [1.29, 1.82) is 0 Å². The topological polar surface area (TPSA) is 112 Å². The minimum absolute atomic E-state index is 0.182. The number of benzene rings is 1. The van der Waals surface area contributed by atoms with Gasteiger partial charge in [0.15, 0.2) is 5.75 Å². The highest BCUT2D eigenvalue weighted by atomic mass is 16.6. The van der Waals surface area contributed by atoms with Gasteiger partial charge in [0.05, 0.1) is 10.4 Å². The second kappa shape index (κ2) is 9.16. The summed E-state index contributed by atoms with van der Waals surface area (Å²) >= 11 is 0. The molecule has 0 saturated heterocycles. The largest absolute Gasteiger partial charge is 0.504 e. The first-order chi connectivity index (χ1) is 12.9. The highest BCUT2D eigenvalue weighted by Crippen LogP contribution is 2.33. The van der Waals surface area contributed by atoms with Crippen molar-refractivity contribution in [3.05, 3.63) is 38.7 Å². The summed E-state index contributed by atoms with van der Waals surface area (Å²) in [6.07, 6.45) is 6.06. The Morgan fingerprint density at radius 2 is 1.89 bits per heavy atom. The number of unbranched alkanes of at least 4 members (excludes halogenated alkanes) is 5. The fourth-order valence-electron chi connectivity index (χ4n) is 3.02. The van der Waals surface area contributed by atoms with Crippen LogP contribution in [0.1, 0.15) is 52.4 Å². The molecule has 0 aliphatic carbocycles. The first-order valence-electron chi connectivity index (χ1n) is 9.09. The van der Waals surface area contributed by atoms with E-state index in [1.165, 1.54) is 22.8 Å². The lowest BCUT2D eigenvalue weighted by molar-refractivity contribution is -0.384. The van der Waals surface area contributed by atoms with Crippen molar-refractivity contribution in [2.24, 2.45) is 0 Å². The Bertz CT molecular complexity index is 903. The maximum absolute atomic E-state index is 12.7. The number of nitrogens with zero attached hydrogens (tertiary/aromatic N) is 2. The standard InChI is InChI=1S/C19H24N2O6/c1-3-4-5-6-7-8-11-20-16-12-14(21(25)26)9-10-15(16)17(23)18(19(20)24)27-13(2)22/h9-10,12,23H,3-8,11H2,1-2H3. The molecule has 1 aromatic carbocycles. The van der Waals surface area contributed by atoms with E-state index in [-0.39, 0.29) is 16.6 Å². The fraction of sp³-hybridized carbons (Fsp3) is 0.474. The van der Waals surface area contributed by atoms with Crippen LogP contribution in [0.25, 0.3) is 10.9 Å². The zero-order valence-electron chi connectivity index (χ0n) is 15.6. The van der Waals surface area contributed by atoms with E-state index in [0.29, 0.717) is 13.0 Å². The number of aryl methyl sites for hydroxylation is 1. The smallest absolute Gasteiger partial charge is 0.308 e. The van der Waals surface area contributed by atoms with E-state index in [0.717, 1.165) is 39.0 Å². The monoisotopic (exact) mass is 376 g/mol. The van der Waals surface area contributed by atoms with E-state index in [9.17, 15) is 24.8 Å². The number of carbonyl (C=O) groups is 1. The predicted octanol–water partition coefficient (Wildman–Crippen LogP) is 3.90. The van der Waals surface area contributed by atoms with Gasteiger partial charge in [0.1, 0.15) is 0 Å². The molecule has 1 N–H and O–H groups in total. The number of aromatic nitrogens is 1. The Kier molecular flexibility index (Phi) is 6.92. The van der Waals surface area contributed by atoms with E-state index in [4.69, 9.17) is 4.74 Å². The lowest BCUT2D eigenvalue weighted by Crippen LogP contribution is -2.24. The van der Waals surface area contributed by atoms with Crippen molar-refractivity contribution in [3.8, 4) is 11.5 Å². The molecular formula is C19H24N2O6. The number of carbonyl (C=O) groups excluding carboxylic acids is 1. The van der Waals surface area contributed by atoms with Crippen molar-refractivity contribution in [2.45, 2.75) is 58.9 Å². The van der Waals surface area contributed by atoms with E-state index in [2.05, 4.69) is 6.92 Å². The minimum atomic E-state index is -0.727. The van der Waals surface area contributed by atoms with Crippen molar-refractivity contribution in [1.82, 2.24) is 4.57 Å².